The Hall–Kier alpha value is -1.71. The predicted octanol–water partition coefficient (Wildman–Crippen LogP) is 3.58. The summed E-state index contributed by atoms with van der Waals surface area (Å²) in [5.41, 5.74) is 0.931. The Morgan fingerprint density at radius 1 is 1.05 bits per heavy atom. The van der Waals surface area contributed by atoms with Crippen molar-refractivity contribution in [2.75, 3.05) is 25.0 Å². The van der Waals surface area contributed by atoms with Gasteiger partial charge in [-0.15, -0.1) is 0 Å². The molecule has 4 nitrogen and oxygen atoms in total. The molecule has 0 aliphatic rings. The predicted molar refractivity (Wildman–Crippen MR) is 87.9 cm³/mol. The molecule has 0 bridgehead atoms. The van der Waals surface area contributed by atoms with Gasteiger partial charge in [-0.1, -0.05) is 33.1 Å². The highest BCUT2D eigenvalue weighted by molar-refractivity contribution is 5.80. The summed E-state index contributed by atoms with van der Waals surface area (Å²) in [5.74, 6) is 0.903. The van der Waals surface area contributed by atoms with E-state index in [2.05, 4.69) is 17.6 Å². The van der Waals surface area contributed by atoms with Crippen molar-refractivity contribution < 1.29 is 9.53 Å². The molecule has 1 aromatic carbocycles. The summed E-state index contributed by atoms with van der Waals surface area (Å²) in [6.45, 7) is 6.04. The Morgan fingerprint density at radius 2 is 1.81 bits per heavy atom. The maximum Gasteiger partial charge on any atom is 0.239 e. The van der Waals surface area contributed by atoms with Crippen molar-refractivity contribution in [1.82, 2.24) is 5.32 Å². The van der Waals surface area contributed by atoms with Gasteiger partial charge in [0.1, 0.15) is 5.75 Å². The lowest BCUT2D eigenvalue weighted by atomic mass is 10.2. The second-order valence-corrected chi connectivity index (χ2v) is 5.14. The van der Waals surface area contributed by atoms with E-state index in [4.69, 9.17) is 4.74 Å². The molecule has 4 heteroatoms. The number of ether oxygens (including phenoxy) is 1. The largest absolute Gasteiger partial charge is 0.494 e. The van der Waals surface area contributed by atoms with Gasteiger partial charge >= 0.3 is 0 Å². The first-order valence-corrected chi connectivity index (χ1v) is 7.99. The molecule has 0 fully saturated rings. The second-order valence-electron chi connectivity index (χ2n) is 5.14. The smallest absolute Gasteiger partial charge is 0.239 e. The van der Waals surface area contributed by atoms with Gasteiger partial charge in [0.05, 0.1) is 13.2 Å². The summed E-state index contributed by atoms with van der Waals surface area (Å²) in [6, 6.07) is 7.75. The molecule has 21 heavy (non-hydrogen) atoms. The van der Waals surface area contributed by atoms with Crippen LogP contribution in [0.1, 0.15) is 46.0 Å². The normalized spacial score (nSPS) is 10.2. The molecule has 0 saturated carbocycles. The van der Waals surface area contributed by atoms with E-state index in [1.54, 1.807) is 0 Å². The lowest BCUT2D eigenvalue weighted by Crippen LogP contribution is -2.30. The summed E-state index contributed by atoms with van der Waals surface area (Å²) >= 11 is 0. The van der Waals surface area contributed by atoms with Gasteiger partial charge in [-0.05, 0) is 37.1 Å². The average Bonchev–Trinajstić information content (AvgIpc) is 2.52. The Balaban J connectivity index is 2.22. The molecule has 0 aromatic heterocycles. The van der Waals surface area contributed by atoms with Gasteiger partial charge in [-0.3, -0.25) is 4.79 Å². The van der Waals surface area contributed by atoms with Crippen LogP contribution in [-0.2, 0) is 4.79 Å². The Morgan fingerprint density at radius 3 is 2.48 bits per heavy atom. The first kappa shape index (κ1) is 17.3. The number of hydrogen-bond acceptors (Lipinski definition) is 3. The number of nitrogens with one attached hydrogen (secondary N) is 2. The summed E-state index contributed by atoms with van der Waals surface area (Å²) in [7, 11) is 0. The number of unbranched alkanes of at least 4 members (excludes halogenated alkanes) is 3. The highest BCUT2D eigenvalue weighted by Crippen LogP contribution is 2.16. The van der Waals surface area contributed by atoms with E-state index in [1.165, 1.54) is 19.3 Å². The zero-order valence-electron chi connectivity index (χ0n) is 13.3. The molecule has 0 heterocycles. The molecule has 1 rings (SSSR count). The number of carbonyl (C=O) groups is 1. The summed E-state index contributed by atoms with van der Waals surface area (Å²) in [5, 5.41) is 5.93. The van der Waals surface area contributed by atoms with Crippen LogP contribution in [0.15, 0.2) is 24.3 Å². The first-order chi connectivity index (χ1) is 10.3. The maximum absolute atomic E-state index is 11.5. The third-order valence-corrected chi connectivity index (χ3v) is 3.15. The fraction of sp³-hybridized carbons (Fsp3) is 0.588. The molecule has 0 aliphatic carbocycles. The SMILES string of the molecule is CCCCCCOc1ccc(NCC(=O)NCCC)cc1. The first-order valence-electron chi connectivity index (χ1n) is 7.99. The number of amides is 1. The Bertz CT molecular complexity index is 390. The van der Waals surface area contributed by atoms with Crippen LogP contribution in [0.3, 0.4) is 0 Å². The van der Waals surface area contributed by atoms with Crippen LogP contribution in [0.5, 0.6) is 5.75 Å². The van der Waals surface area contributed by atoms with Crippen LogP contribution >= 0.6 is 0 Å². The van der Waals surface area contributed by atoms with Crippen molar-refractivity contribution in [3.05, 3.63) is 24.3 Å². The zero-order chi connectivity index (χ0) is 15.3. The van der Waals surface area contributed by atoms with E-state index in [0.717, 1.165) is 37.4 Å². The van der Waals surface area contributed by atoms with Crippen molar-refractivity contribution in [3.63, 3.8) is 0 Å². The highest BCUT2D eigenvalue weighted by Gasteiger charge is 2.00. The van der Waals surface area contributed by atoms with E-state index in [9.17, 15) is 4.79 Å². The molecule has 0 saturated heterocycles. The quantitative estimate of drug-likeness (QED) is 0.613. The third-order valence-electron chi connectivity index (χ3n) is 3.15. The molecule has 0 radical (unpaired) electrons. The van der Waals surface area contributed by atoms with E-state index in [1.807, 2.05) is 31.2 Å². The number of carbonyl (C=O) groups excluding carboxylic acids is 1. The van der Waals surface area contributed by atoms with Gasteiger partial charge in [0.15, 0.2) is 0 Å². The summed E-state index contributed by atoms with van der Waals surface area (Å²) in [4.78, 5) is 11.5. The van der Waals surface area contributed by atoms with Crippen molar-refractivity contribution in [3.8, 4) is 5.75 Å². The summed E-state index contributed by atoms with van der Waals surface area (Å²) < 4.78 is 5.68. The maximum atomic E-state index is 11.5. The van der Waals surface area contributed by atoms with Crippen molar-refractivity contribution in [2.24, 2.45) is 0 Å². The minimum atomic E-state index is 0.0214. The van der Waals surface area contributed by atoms with Gasteiger partial charge in [0.2, 0.25) is 5.91 Å². The number of hydrogen-bond donors (Lipinski definition) is 2. The van der Waals surface area contributed by atoms with E-state index < -0.39 is 0 Å². The van der Waals surface area contributed by atoms with Gasteiger partial charge in [0, 0.05) is 12.2 Å². The Labute approximate surface area is 128 Å². The second kappa shape index (κ2) is 11.0. The number of benzene rings is 1. The highest BCUT2D eigenvalue weighted by atomic mass is 16.5. The molecule has 0 spiro atoms. The molecule has 0 unspecified atom stereocenters. The van der Waals surface area contributed by atoms with E-state index in [-0.39, 0.29) is 5.91 Å². The molecular formula is C17H28N2O2. The number of anilines is 1. The average molecular weight is 292 g/mol. The monoisotopic (exact) mass is 292 g/mol. The lowest BCUT2D eigenvalue weighted by Gasteiger charge is -2.09. The van der Waals surface area contributed by atoms with Crippen LogP contribution in [0.2, 0.25) is 0 Å². The molecule has 1 amide bonds. The fourth-order valence-corrected chi connectivity index (χ4v) is 1.90. The molecule has 1 aromatic rings. The van der Waals surface area contributed by atoms with Crippen LogP contribution in [0, 0.1) is 0 Å². The van der Waals surface area contributed by atoms with Crippen LogP contribution in [-0.4, -0.2) is 25.6 Å². The zero-order valence-corrected chi connectivity index (χ0v) is 13.3. The third kappa shape index (κ3) is 8.23. The van der Waals surface area contributed by atoms with Gasteiger partial charge in [-0.25, -0.2) is 0 Å². The molecule has 2 N–H and O–H groups in total. The molecule has 118 valence electrons. The fourth-order valence-electron chi connectivity index (χ4n) is 1.90. The van der Waals surface area contributed by atoms with Gasteiger partial charge in [-0.2, -0.15) is 0 Å². The van der Waals surface area contributed by atoms with Crippen LogP contribution in [0.4, 0.5) is 5.69 Å². The molecule has 0 aliphatic heterocycles. The minimum Gasteiger partial charge on any atom is -0.494 e. The standard InChI is InChI=1S/C17H28N2O2/c1-3-5-6-7-13-21-16-10-8-15(9-11-16)19-14-17(20)18-12-4-2/h8-11,19H,3-7,12-14H2,1-2H3,(H,18,20). The van der Waals surface area contributed by atoms with Crippen LogP contribution in [0.25, 0.3) is 0 Å². The van der Waals surface area contributed by atoms with E-state index >= 15 is 0 Å². The van der Waals surface area contributed by atoms with Crippen molar-refractivity contribution >= 4 is 11.6 Å². The molecular weight excluding hydrogens is 264 g/mol. The number of rotatable bonds is 11. The topological polar surface area (TPSA) is 50.4 Å². The van der Waals surface area contributed by atoms with E-state index in [0.29, 0.717) is 6.54 Å². The lowest BCUT2D eigenvalue weighted by molar-refractivity contribution is -0.119. The van der Waals surface area contributed by atoms with Gasteiger partial charge in [0.25, 0.3) is 0 Å². The van der Waals surface area contributed by atoms with Gasteiger partial charge < -0.3 is 15.4 Å². The van der Waals surface area contributed by atoms with Crippen molar-refractivity contribution in [2.45, 2.75) is 46.0 Å². The minimum absolute atomic E-state index is 0.0214. The molecule has 0 atom stereocenters. The van der Waals surface area contributed by atoms with Crippen LogP contribution < -0.4 is 15.4 Å². The van der Waals surface area contributed by atoms with Crippen molar-refractivity contribution in [1.29, 1.82) is 0 Å². The Kier molecular flexibility index (Phi) is 9.09. The summed E-state index contributed by atoms with van der Waals surface area (Å²) in [6.07, 6.45) is 5.79.